The molecule has 3 rings (SSSR count). The summed E-state index contributed by atoms with van der Waals surface area (Å²) in [7, 11) is 0. The van der Waals surface area contributed by atoms with E-state index in [0.717, 1.165) is 50.5 Å². The second-order valence-electron chi connectivity index (χ2n) is 6.46. The third-order valence-electron chi connectivity index (χ3n) is 4.66. The number of benzene rings is 2. The molecule has 0 aromatic heterocycles. The molecular weight excluding hydrogens is 371 g/mol. The summed E-state index contributed by atoms with van der Waals surface area (Å²) >= 11 is 0. The Morgan fingerprint density at radius 2 is 1.68 bits per heavy atom. The Bertz CT molecular complexity index is 801. The highest BCUT2D eigenvalue weighted by molar-refractivity contribution is 6.06. The van der Waals surface area contributed by atoms with E-state index in [0.29, 0.717) is 5.69 Å². The van der Waals surface area contributed by atoms with Crippen molar-refractivity contribution in [1.29, 1.82) is 0 Å². The van der Waals surface area contributed by atoms with Crippen molar-refractivity contribution >= 4 is 17.3 Å². The molecule has 28 heavy (non-hydrogen) atoms. The number of hydrogen-bond donors (Lipinski definition) is 1. The van der Waals surface area contributed by atoms with E-state index in [2.05, 4.69) is 26.8 Å². The van der Waals surface area contributed by atoms with Crippen LogP contribution < -0.4 is 15.0 Å². The molecule has 1 N–H and O–H groups in total. The molecule has 0 aliphatic carbocycles. The Morgan fingerprint density at radius 1 is 1.04 bits per heavy atom. The number of para-hydroxylation sites is 2. The Balaban J connectivity index is 1.69. The van der Waals surface area contributed by atoms with Crippen molar-refractivity contribution in [2.24, 2.45) is 0 Å². The van der Waals surface area contributed by atoms with E-state index >= 15 is 0 Å². The topological polar surface area (TPSA) is 44.8 Å². The van der Waals surface area contributed by atoms with Gasteiger partial charge in [0.05, 0.1) is 11.4 Å². The molecule has 1 aliphatic heterocycles. The van der Waals surface area contributed by atoms with Gasteiger partial charge < -0.3 is 19.9 Å². The molecule has 1 heterocycles. The van der Waals surface area contributed by atoms with Crippen LogP contribution in [-0.2, 0) is 0 Å². The third-order valence-corrected chi connectivity index (χ3v) is 4.66. The third kappa shape index (κ3) is 5.16. The fourth-order valence-corrected chi connectivity index (χ4v) is 3.16. The van der Waals surface area contributed by atoms with Gasteiger partial charge >= 0.3 is 6.36 Å². The van der Waals surface area contributed by atoms with Gasteiger partial charge in [0.15, 0.2) is 0 Å². The minimum absolute atomic E-state index is 0.250. The maximum Gasteiger partial charge on any atom is 0.573 e. The molecule has 1 fully saturated rings. The van der Waals surface area contributed by atoms with Crippen molar-refractivity contribution in [3.63, 3.8) is 0 Å². The predicted octanol–water partition coefficient (Wildman–Crippen LogP) is 3.98. The summed E-state index contributed by atoms with van der Waals surface area (Å²) in [6.07, 6.45) is -4.76. The summed E-state index contributed by atoms with van der Waals surface area (Å²) < 4.78 is 40.6. The zero-order valence-corrected chi connectivity index (χ0v) is 15.5. The summed E-state index contributed by atoms with van der Waals surface area (Å²) in [5.74, 6) is -0.753. The number of carbonyl (C=O) groups is 1. The number of piperazine rings is 1. The smallest absolute Gasteiger partial charge is 0.406 e. The Hall–Kier alpha value is -2.74. The molecule has 5 nitrogen and oxygen atoms in total. The number of ether oxygens (including phenoxy) is 1. The zero-order valence-electron chi connectivity index (χ0n) is 15.5. The standard InChI is InChI=1S/C20H22F3N3O2/c1-2-25-11-13-26(14-12-25)18-6-4-3-5-17(18)24-19(27)15-7-9-16(10-8-15)28-20(21,22)23/h3-10H,2,11-14H2,1H3,(H,24,27). The van der Waals surface area contributed by atoms with Crippen molar-refractivity contribution in [3.8, 4) is 5.75 Å². The number of rotatable bonds is 5. The van der Waals surface area contributed by atoms with Crippen molar-refractivity contribution in [1.82, 2.24) is 4.90 Å². The molecule has 0 saturated carbocycles. The lowest BCUT2D eigenvalue weighted by atomic mass is 10.1. The predicted molar refractivity (Wildman–Crippen MR) is 102 cm³/mol. The largest absolute Gasteiger partial charge is 0.573 e. The van der Waals surface area contributed by atoms with Gasteiger partial charge in [0, 0.05) is 31.7 Å². The molecule has 0 atom stereocenters. The molecule has 0 spiro atoms. The number of hydrogen-bond acceptors (Lipinski definition) is 4. The first-order valence-electron chi connectivity index (χ1n) is 9.09. The fourth-order valence-electron chi connectivity index (χ4n) is 3.16. The van der Waals surface area contributed by atoms with E-state index in [-0.39, 0.29) is 11.3 Å². The Morgan fingerprint density at radius 3 is 2.29 bits per heavy atom. The van der Waals surface area contributed by atoms with Crippen molar-refractivity contribution in [2.45, 2.75) is 13.3 Å². The first kappa shape index (κ1) is 20.0. The van der Waals surface area contributed by atoms with Gasteiger partial charge in [0.25, 0.3) is 5.91 Å². The maximum absolute atomic E-state index is 12.5. The van der Waals surface area contributed by atoms with Gasteiger partial charge in [-0.3, -0.25) is 4.79 Å². The van der Waals surface area contributed by atoms with Crippen LogP contribution in [-0.4, -0.2) is 49.9 Å². The molecule has 1 saturated heterocycles. The molecule has 0 unspecified atom stereocenters. The van der Waals surface area contributed by atoms with Crippen LogP contribution in [0.5, 0.6) is 5.75 Å². The van der Waals surface area contributed by atoms with Crippen LogP contribution in [0.2, 0.25) is 0 Å². The lowest BCUT2D eigenvalue weighted by Gasteiger charge is -2.36. The highest BCUT2D eigenvalue weighted by atomic mass is 19.4. The number of nitrogens with zero attached hydrogens (tertiary/aromatic N) is 2. The molecule has 2 aromatic carbocycles. The summed E-state index contributed by atoms with van der Waals surface area (Å²) in [4.78, 5) is 17.1. The van der Waals surface area contributed by atoms with Crippen LogP contribution in [0.4, 0.5) is 24.5 Å². The SMILES string of the molecule is CCN1CCN(c2ccccc2NC(=O)c2ccc(OC(F)(F)F)cc2)CC1. The van der Waals surface area contributed by atoms with E-state index in [1.165, 1.54) is 12.1 Å². The van der Waals surface area contributed by atoms with E-state index in [1.54, 1.807) is 0 Å². The molecule has 0 radical (unpaired) electrons. The van der Waals surface area contributed by atoms with Crippen molar-refractivity contribution in [3.05, 3.63) is 54.1 Å². The molecule has 1 aliphatic rings. The summed E-state index contributed by atoms with van der Waals surface area (Å²) in [5.41, 5.74) is 1.86. The second kappa shape index (κ2) is 8.52. The summed E-state index contributed by atoms with van der Waals surface area (Å²) in [6, 6.07) is 12.4. The lowest BCUT2D eigenvalue weighted by molar-refractivity contribution is -0.274. The van der Waals surface area contributed by atoms with Gasteiger partial charge in [-0.05, 0) is 42.9 Å². The molecule has 1 amide bonds. The average Bonchev–Trinajstić information content (AvgIpc) is 2.68. The molecule has 0 bridgehead atoms. The van der Waals surface area contributed by atoms with Crippen LogP contribution >= 0.6 is 0 Å². The van der Waals surface area contributed by atoms with E-state index in [1.807, 2.05) is 24.3 Å². The van der Waals surface area contributed by atoms with Gasteiger partial charge in [-0.25, -0.2) is 0 Å². The van der Waals surface area contributed by atoms with E-state index in [9.17, 15) is 18.0 Å². The van der Waals surface area contributed by atoms with Gasteiger partial charge in [-0.1, -0.05) is 19.1 Å². The van der Waals surface area contributed by atoms with Crippen LogP contribution in [0.25, 0.3) is 0 Å². The quantitative estimate of drug-likeness (QED) is 0.835. The molecule has 8 heteroatoms. The first-order chi connectivity index (χ1) is 13.4. The molecular formula is C20H22F3N3O2. The number of likely N-dealkylation sites (N-methyl/N-ethyl adjacent to an activating group) is 1. The van der Waals surface area contributed by atoms with Gasteiger partial charge in [-0.15, -0.1) is 13.2 Å². The number of nitrogens with one attached hydrogen (secondary N) is 1. The lowest BCUT2D eigenvalue weighted by Crippen LogP contribution is -2.46. The van der Waals surface area contributed by atoms with Gasteiger partial charge in [0.1, 0.15) is 5.75 Å². The Kier molecular flexibility index (Phi) is 6.08. The van der Waals surface area contributed by atoms with Crippen LogP contribution in [0.15, 0.2) is 48.5 Å². The minimum Gasteiger partial charge on any atom is -0.406 e. The summed E-state index contributed by atoms with van der Waals surface area (Å²) in [5, 5.41) is 2.86. The number of amides is 1. The average molecular weight is 393 g/mol. The van der Waals surface area contributed by atoms with E-state index < -0.39 is 12.3 Å². The minimum atomic E-state index is -4.76. The number of halogens is 3. The van der Waals surface area contributed by atoms with Crippen LogP contribution in [0.3, 0.4) is 0 Å². The van der Waals surface area contributed by atoms with Crippen LogP contribution in [0, 0.1) is 0 Å². The fraction of sp³-hybridized carbons (Fsp3) is 0.350. The summed E-state index contributed by atoms with van der Waals surface area (Å²) in [6.45, 7) is 6.79. The van der Waals surface area contributed by atoms with Crippen molar-refractivity contribution < 1.29 is 22.7 Å². The normalized spacial score (nSPS) is 15.4. The second-order valence-corrected chi connectivity index (χ2v) is 6.46. The maximum atomic E-state index is 12.5. The highest BCUT2D eigenvalue weighted by Gasteiger charge is 2.31. The number of alkyl halides is 3. The zero-order chi connectivity index (χ0) is 20.1. The molecule has 150 valence electrons. The number of carbonyl (C=O) groups excluding carboxylic acids is 1. The van der Waals surface area contributed by atoms with E-state index in [4.69, 9.17) is 0 Å². The van der Waals surface area contributed by atoms with Crippen molar-refractivity contribution in [2.75, 3.05) is 42.9 Å². The Labute approximate surface area is 161 Å². The highest BCUT2D eigenvalue weighted by Crippen LogP contribution is 2.28. The number of anilines is 2. The van der Waals surface area contributed by atoms with Gasteiger partial charge in [0.2, 0.25) is 0 Å². The van der Waals surface area contributed by atoms with Crippen LogP contribution in [0.1, 0.15) is 17.3 Å². The van der Waals surface area contributed by atoms with Gasteiger partial charge in [-0.2, -0.15) is 0 Å². The first-order valence-corrected chi connectivity index (χ1v) is 9.09. The monoisotopic (exact) mass is 393 g/mol. The molecule has 2 aromatic rings.